The van der Waals surface area contributed by atoms with Crippen LogP contribution < -0.4 is 10.2 Å². The van der Waals surface area contributed by atoms with Crippen molar-refractivity contribution in [1.82, 2.24) is 9.78 Å². The van der Waals surface area contributed by atoms with Crippen molar-refractivity contribution in [1.29, 1.82) is 0 Å². The molecule has 4 nitrogen and oxygen atoms in total. The van der Waals surface area contributed by atoms with Gasteiger partial charge in [-0.15, -0.1) is 0 Å². The predicted octanol–water partition coefficient (Wildman–Crippen LogP) is 2.15. The molecule has 4 heteroatoms. The number of nitrogens with one attached hydrogen (secondary N) is 1. The molecule has 0 radical (unpaired) electrons. The molecule has 1 aromatic heterocycles. The fourth-order valence-electron chi connectivity index (χ4n) is 3.38. The molecule has 94 valence electrons. The second kappa shape index (κ2) is 3.93. The summed E-state index contributed by atoms with van der Waals surface area (Å²) >= 11 is 0. The van der Waals surface area contributed by atoms with E-state index in [9.17, 15) is 0 Å². The highest BCUT2D eigenvalue weighted by Crippen LogP contribution is 2.38. The number of hydrogen-bond donors (Lipinski definition) is 1. The maximum Gasteiger partial charge on any atom is 0.150 e. The van der Waals surface area contributed by atoms with Gasteiger partial charge >= 0.3 is 0 Å². The van der Waals surface area contributed by atoms with Crippen molar-refractivity contribution in [3.63, 3.8) is 0 Å². The third-order valence-corrected chi connectivity index (χ3v) is 4.38. The molecule has 1 fully saturated rings. The van der Waals surface area contributed by atoms with Gasteiger partial charge in [0.05, 0.1) is 5.69 Å². The quantitative estimate of drug-likeness (QED) is 0.808. The molecule has 0 saturated carbocycles. The van der Waals surface area contributed by atoms with E-state index in [-0.39, 0.29) is 0 Å². The Balaban J connectivity index is 1.92. The van der Waals surface area contributed by atoms with Crippen molar-refractivity contribution in [2.75, 3.05) is 23.3 Å². The minimum Gasteiger partial charge on any atom is -0.378 e. The van der Waals surface area contributed by atoms with Crippen LogP contribution in [0.1, 0.15) is 31.9 Å². The van der Waals surface area contributed by atoms with Crippen LogP contribution in [-0.4, -0.2) is 28.9 Å². The van der Waals surface area contributed by atoms with Gasteiger partial charge in [-0.3, -0.25) is 4.68 Å². The molecule has 1 aromatic rings. The first-order valence-corrected chi connectivity index (χ1v) is 6.74. The summed E-state index contributed by atoms with van der Waals surface area (Å²) in [5, 5.41) is 8.11. The maximum atomic E-state index is 4.54. The zero-order valence-corrected chi connectivity index (χ0v) is 11.0. The van der Waals surface area contributed by atoms with Crippen LogP contribution in [0, 0.1) is 12.8 Å². The lowest BCUT2D eigenvalue weighted by molar-refractivity contribution is 0.332. The molecule has 17 heavy (non-hydrogen) atoms. The molecule has 0 aromatic carbocycles. The van der Waals surface area contributed by atoms with Gasteiger partial charge in [0.25, 0.3) is 0 Å². The fraction of sp³-hybridized carbons (Fsp3) is 0.769. The summed E-state index contributed by atoms with van der Waals surface area (Å²) in [5.74, 6) is 2.21. The number of anilines is 2. The number of fused-ring (bicyclic) bond motifs is 3. The summed E-state index contributed by atoms with van der Waals surface area (Å²) < 4.78 is 2.04. The molecule has 3 heterocycles. The Morgan fingerprint density at radius 2 is 2.29 bits per heavy atom. The van der Waals surface area contributed by atoms with Crippen LogP contribution in [0.2, 0.25) is 0 Å². The second-order valence-corrected chi connectivity index (χ2v) is 5.43. The van der Waals surface area contributed by atoms with E-state index in [0.29, 0.717) is 6.04 Å². The van der Waals surface area contributed by atoms with Gasteiger partial charge in [-0.1, -0.05) is 13.3 Å². The first-order chi connectivity index (χ1) is 8.20. The molecule has 0 amide bonds. The Labute approximate surface area is 103 Å². The van der Waals surface area contributed by atoms with Gasteiger partial charge in [-0.2, -0.15) is 5.10 Å². The van der Waals surface area contributed by atoms with Gasteiger partial charge in [-0.05, 0) is 25.7 Å². The Kier molecular flexibility index (Phi) is 2.53. The highest BCUT2D eigenvalue weighted by atomic mass is 15.4. The zero-order valence-electron chi connectivity index (χ0n) is 11.0. The summed E-state index contributed by atoms with van der Waals surface area (Å²) in [6, 6.07) is 0.663. The SMILES string of the molecule is CCC1CCN2c3c(c(C)nn3C)NCC2C1. The minimum atomic E-state index is 0.663. The minimum absolute atomic E-state index is 0.663. The topological polar surface area (TPSA) is 33.1 Å². The van der Waals surface area contributed by atoms with Gasteiger partial charge in [-0.25, -0.2) is 0 Å². The molecule has 0 bridgehead atoms. The molecule has 0 spiro atoms. The molecule has 3 rings (SSSR count). The van der Waals surface area contributed by atoms with E-state index >= 15 is 0 Å². The van der Waals surface area contributed by atoms with Gasteiger partial charge in [0.2, 0.25) is 0 Å². The molecular weight excluding hydrogens is 212 g/mol. The van der Waals surface area contributed by atoms with Crippen molar-refractivity contribution in [3.8, 4) is 0 Å². The second-order valence-electron chi connectivity index (χ2n) is 5.43. The highest BCUT2D eigenvalue weighted by molar-refractivity contribution is 5.72. The average molecular weight is 234 g/mol. The van der Waals surface area contributed by atoms with Crippen molar-refractivity contribution in [2.45, 2.75) is 39.2 Å². The van der Waals surface area contributed by atoms with E-state index in [0.717, 1.165) is 18.2 Å². The van der Waals surface area contributed by atoms with Crippen LogP contribution in [0.4, 0.5) is 11.5 Å². The third-order valence-electron chi connectivity index (χ3n) is 4.38. The highest BCUT2D eigenvalue weighted by Gasteiger charge is 2.34. The van der Waals surface area contributed by atoms with Crippen molar-refractivity contribution in [2.24, 2.45) is 13.0 Å². The lowest BCUT2D eigenvalue weighted by Gasteiger charge is -2.44. The Morgan fingerprint density at radius 1 is 1.47 bits per heavy atom. The predicted molar refractivity (Wildman–Crippen MR) is 70.6 cm³/mol. The number of nitrogens with zero attached hydrogens (tertiary/aromatic N) is 3. The van der Waals surface area contributed by atoms with E-state index in [1.165, 1.54) is 37.3 Å². The number of aromatic nitrogens is 2. The van der Waals surface area contributed by atoms with Gasteiger partial charge in [0.1, 0.15) is 5.69 Å². The van der Waals surface area contributed by atoms with Crippen molar-refractivity contribution >= 4 is 11.5 Å². The molecular formula is C13H22N4. The van der Waals surface area contributed by atoms with Crippen LogP contribution in [0.15, 0.2) is 0 Å². The van der Waals surface area contributed by atoms with Crippen molar-refractivity contribution < 1.29 is 0 Å². The van der Waals surface area contributed by atoms with E-state index in [1.807, 2.05) is 4.68 Å². The molecule has 2 unspecified atom stereocenters. The number of piperidine rings is 1. The van der Waals surface area contributed by atoms with E-state index in [4.69, 9.17) is 0 Å². The van der Waals surface area contributed by atoms with Crippen LogP contribution in [0.3, 0.4) is 0 Å². The average Bonchev–Trinajstić information content (AvgIpc) is 2.64. The van der Waals surface area contributed by atoms with Crippen molar-refractivity contribution in [3.05, 3.63) is 5.69 Å². The third kappa shape index (κ3) is 1.61. The summed E-state index contributed by atoms with van der Waals surface area (Å²) in [6.07, 6.45) is 3.98. The maximum absolute atomic E-state index is 4.54. The molecule has 2 aliphatic rings. The largest absolute Gasteiger partial charge is 0.378 e. The lowest BCUT2D eigenvalue weighted by Crippen LogP contribution is -2.49. The molecule has 1 saturated heterocycles. The zero-order chi connectivity index (χ0) is 12.0. The van der Waals surface area contributed by atoms with Crippen LogP contribution >= 0.6 is 0 Å². The molecule has 1 N–H and O–H groups in total. The van der Waals surface area contributed by atoms with Gasteiger partial charge in [0, 0.05) is 26.2 Å². The molecule has 2 aliphatic heterocycles. The van der Waals surface area contributed by atoms with E-state index in [2.05, 4.69) is 36.2 Å². The number of hydrogen-bond acceptors (Lipinski definition) is 3. The first-order valence-electron chi connectivity index (χ1n) is 6.74. The van der Waals surface area contributed by atoms with Gasteiger partial charge in [0.15, 0.2) is 5.82 Å². The summed E-state index contributed by atoms with van der Waals surface area (Å²) in [7, 11) is 2.06. The summed E-state index contributed by atoms with van der Waals surface area (Å²) in [4.78, 5) is 2.57. The fourth-order valence-corrected chi connectivity index (χ4v) is 3.38. The summed E-state index contributed by atoms with van der Waals surface area (Å²) in [6.45, 7) is 6.67. The number of rotatable bonds is 1. The summed E-state index contributed by atoms with van der Waals surface area (Å²) in [5.41, 5.74) is 2.37. The van der Waals surface area contributed by atoms with Crippen LogP contribution in [-0.2, 0) is 7.05 Å². The lowest BCUT2D eigenvalue weighted by atomic mass is 9.88. The monoisotopic (exact) mass is 234 g/mol. The van der Waals surface area contributed by atoms with Gasteiger partial charge < -0.3 is 10.2 Å². The van der Waals surface area contributed by atoms with E-state index in [1.54, 1.807) is 0 Å². The van der Waals surface area contributed by atoms with Crippen LogP contribution in [0.25, 0.3) is 0 Å². The molecule has 0 aliphatic carbocycles. The first kappa shape index (κ1) is 10.9. The standard InChI is InChI=1S/C13H22N4/c1-4-10-5-6-17-11(7-10)8-14-12-9(2)15-16(3)13(12)17/h10-11,14H,4-8H2,1-3H3. The smallest absolute Gasteiger partial charge is 0.150 e. The Morgan fingerprint density at radius 3 is 3.06 bits per heavy atom. The Bertz CT molecular complexity index is 423. The molecule has 2 atom stereocenters. The number of aryl methyl sites for hydroxylation is 2. The van der Waals surface area contributed by atoms with Crippen LogP contribution in [0.5, 0.6) is 0 Å². The van der Waals surface area contributed by atoms with E-state index < -0.39 is 0 Å². The normalized spacial score (nSPS) is 27.4. The Hall–Kier alpha value is -1.19.